The molecule has 0 bridgehead atoms. The number of rotatable bonds is 8. The molecule has 0 unspecified atom stereocenters. The Morgan fingerprint density at radius 1 is 1.17 bits per heavy atom. The summed E-state index contributed by atoms with van der Waals surface area (Å²) in [6, 6.07) is 12.4. The van der Waals surface area contributed by atoms with Crippen LogP contribution in [0.1, 0.15) is 29.8 Å². The Balaban J connectivity index is 1.69. The zero-order valence-electron chi connectivity index (χ0n) is 19.3. The highest BCUT2D eigenvalue weighted by Crippen LogP contribution is 2.28. The monoisotopic (exact) mass is 487 g/mol. The second-order valence-electron chi connectivity index (χ2n) is 7.87. The molecule has 1 aromatic carbocycles. The van der Waals surface area contributed by atoms with Gasteiger partial charge in [0.25, 0.3) is 0 Å². The fourth-order valence-electron chi connectivity index (χ4n) is 3.62. The molecule has 0 saturated heterocycles. The van der Waals surface area contributed by atoms with Crippen LogP contribution in [0, 0.1) is 24.1 Å². The number of amides is 1. The summed E-state index contributed by atoms with van der Waals surface area (Å²) in [6.45, 7) is 3.46. The molecule has 4 N–H and O–H groups in total. The van der Waals surface area contributed by atoms with Gasteiger partial charge in [0.15, 0.2) is 17.5 Å². The summed E-state index contributed by atoms with van der Waals surface area (Å²) in [7, 11) is 0. The second-order valence-corrected chi connectivity index (χ2v) is 7.87. The van der Waals surface area contributed by atoms with E-state index in [9.17, 15) is 19.6 Å². The zero-order valence-corrected chi connectivity index (χ0v) is 19.3. The molecule has 0 spiro atoms. The number of carboxylic acid groups (broad SMARTS) is 1. The van der Waals surface area contributed by atoms with Gasteiger partial charge in [-0.25, -0.2) is 14.2 Å². The molecule has 3 aromatic heterocycles. The molecule has 0 aliphatic heterocycles. The standard InChI is InChI=1S/C24H22FN9O2/c1-14-20(34-28-8-9-29-34)11-18(13-27-14)31-22-17(12-26)10-19(25)23(33-22)32-21(15(2)30-24(35)36)16-6-4-3-5-7-16/h3-11,13,15,21,30H,1-2H3,(H,35,36)(H2,31,32,33)/t15-,21-/m0/s1. The molecule has 0 aliphatic carbocycles. The van der Waals surface area contributed by atoms with Gasteiger partial charge in [-0.3, -0.25) is 4.98 Å². The first-order valence-corrected chi connectivity index (χ1v) is 10.9. The molecular weight excluding hydrogens is 465 g/mol. The molecule has 3 heterocycles. The summed E-state index contributed by atoms with van der Waals surface area (Å²) in [5.41, 5.74) is 2.47. The first-order chi connectivity index (χ1) is 17.4. The number of nitriles is 1. The predicted octanol–water partition coefficient (Wildman–Crippen LogP) is 3.93. The van der Waals surface area contributed by atoms with Crippen molar-refractivity contribution >= 4 is 23.4 Å². The van der Waals surface area contributed by atoms with Gasteiger partial charge in [-0.15, -0.1) is 4.80 Å². The van der Waals surface area contributed by atoms with E-state index in [1.807, 2.05) is 12.1 Å². The topological polar surface area (TPSA) is 154 Å². The third-order valence-electron chi connectivity index (χ3n) is 5.36. The molecule has 0 aliphatic rings. The Labute approximate surface area is 205 Å². The molecule has 4 rings (SSSR count). The van der Waals surface area contributed by atoms with Gasteiger partial charge in [0.05, 0.1) is 47.6 Å². The first-order valence-electron chi connectivity index (χ1n) is 10.9. The summed E-state index contributed by atoms with van der Waals surface area (Å²) >= 11 is 0. The number of pyridine rings is 2. The minimum Gasteiger partial charge on any atom is -0.465 e. The van der Waals surface area contributed by atoms with Crippen molar-refractivity contribution in [2.24, 2.45) is 0 Å². The lowest BCUT2D eigenvalue weighted by Crippen LogP contribution is -2.39. The van der Waals surface area contributed by atoms with Crippen LogP contribution in [0.25, 0.3) is 5.69 Å². The van der Waals surface area contributed by atoms with Gasteiger partial charge in [0.1, 0.15) is 11.8 Å². The van der Waals surface area contributed by atoms with Crippen molar-refractivity contribution in [3.8, 4) is 11.8 Å². The first kappa shape index (κ1) is 24.1. The van der Waals surface area contributed by atoms with E-state index in [4.69, 9.17) is 0 Å². The summed E-state index contributed by atoms with van der Waals surface area (Å²) in [5.74, 6) is -0.820. The smallest absolute Gasteiger partial charge is 0.404 e. The molecule has 1 amide bonds. The molecule has 2 atom stereocenters. The van der Waals surface area contributed by atoms with E-state index in [0.717, 1.165) is 11.6 Å². The van der Waals surface area contributed by atoms with Crippen molar-refractivity contribution in [3.63, 3.8) is 0 Å². The third-order valence-corrected chi connectivity index (χ3v) is 5.36. The highest BCUT2D eigenvalue weighted by atomic mass is 19.1. The van der Waals surface area contributed by atoms with E-state index in [2.05, 4.69) is 36.1 Å². The number of hydrogen-bond acceptors (Lipinski definition) is 8. The normalized spacial score (nSPS) is 12.3. The molecule has 11 nitrogen and oxygen atoms in total. The molecule has 12 heteroatoms. The highest BCUT2D eigenvalue weighted by Gasteiger charge is 2.24. The van der Waals surface area contributed by atoms with Gasteiger partial charge in [-0.2, -0.15) is 15.5 Å². The average molecular weight is 487 g/mol. The molecule has 4 aromatic rings. The van der Waals surface area contributed by atoms with Crippen LogP contribution < -0.4 is 16.0 Å². The maximum atomic E-state index is 15.0. The van der Waals surface area contributed by atoms with Crippen molar-refractivity contribution in [1.82, 2.24) is 30.3 Å². The molecule has 0 radical (unpaired) electrons. The van der Waals surface area contributed by atoms with Crippen LogP contribution >= 0.6 is 0 Å². The van der Waals surface area contributed by atoms with E-state index in [0.29, 0.717) is 17.1 Å². The summed E-state index contributed by atoms with van der Waals surface area (Å²) in [4.78, 5) is 21.3. The maximum Gasteiger partial charge on any atom is 0.404 e. The molecule has 182 valence electrons. The van der Waals surface area contributed by atoms with E-state index in [1.165, 1.54) is 17.2 Å². The van der Waals surface area contributed by atoms with Crippen LogP contribution in [-0.2, 0) is 0 Å². The number of benzene rings is 1. The van der Waals surface area contributed by atoms with Crippen molar-refractivity contribution < 1.29 is 14.3 Å². The van der Waals surface area contributed by atoms with Crippen LogP contribution in [0.4, 0.5) is 26.5 Å². The van der Waals surface area contributed by atoms with Crippen LogP contribution in [-0.4, -0.2) is 42.2 Å². The number of aryl methyl sites for hydroxylation is 1. The number of halogens is 1. The van der Waals surface area contributed by atoms with E-state index in [-0.39, 0.29) is 17.2 Å². The van der Waals surface area contributed by atoms with Crippen molar-refractivity contribution in [2.75, 3.05) is 10.6 Å². The van der Waals surface area contributed by atoms with Gasteiger partial charge in [-0.05, 0) is 31.5 Å². The van der Waals surface area contributed by atoms with Crippen LogP contribution in [0.15, 0.2) is 61.1 Å². The quantitative estimate of drug-likeness (QED) is 0.289. The lowest BCUT2D eigenvalue weighted by Gasteiger charge is -2.26. The van der Waals surface area contributed by atoms with Gasteiger partial charge in [-0.1, -0.05) is 30.3 Å². The maximum absolute atomic E-state index is 15.0. The fraction of sp³-hybridized carbons (Fsp3) is 0.167. The average Bonchev–Trinajstić information content (AvgIpc) is 3.40. The van der Waals surface area contributed by atoms with Crippen molar-refractivity contribution in [2.45, 2.75) is 25.9 Å². The minimum absolute atomic E-state index is 0.0228. The molecular formula is C24H22FN9O2. The second kappa shape index (κ2) is 10.5. The number of nitrogens with zero attached hydrogens (tertiary/aromatic N) is 6. The van der Waals surface area contributed by atoms with Crippen LogP contribution in [0.3, 0.4) is 0 Å². The van der Waals surface area contributed by atoms with E-state index < -0.39 is 24.0 Å². The summed E-state index contributed by atoms with van der Waals surface area (Å²) in [5, 5.41) is 35.4. The van der Waals surface area contributed by atoms with Crippen LogP contribution in [0.2, 0.25) is 0 Å². The Hall–Kier alpha value is -5.05. The molecule has 0 fully saturated rings. The number of carbonyl (C=O) groups is 1. The SMILES string of the molecule is Cc1ncc(Nc2nc(N[C@H](c3ccccc3)[C@H](C)NC(=O)O)c(F)cc2C#N)cc1-n1nccn1. The lowest BCUT2D eigenvalue weighted by molar-refractivity contribution is 0.189. The lowest BCUT2D eigenvalue weighted by atomic mass is 10.0. The molecule has 36 heavy (non-hydrogen) atoms. The summed E-state index contributed by atoms with van der Waals surface area (Å²) in [6.07, 6.45) is 3.41. The van der Waals surface area contributed by atoms with Crippen molar-refractivity contribution in [1.29, 1.82) is 5.26 Å². The van der Waals surface area contributed by atoms with Gasteiger partial charge < -0.3 is 21.1 Å². The van der Waals surface area contributed by atoms with E-state index >= 15 is 0 Å². The van der Waals surface area contributed by atoms with Gasteiger partial charge >= 0.3 is 6.09 Å². The highest BCUT2D eigenvalue weighted by molar-refractivity contribution is 5.67. The fourth-order valence-corrected chi connectivity index (χ4v) is 3.62. The Morgan fingerprint density at radius 2 is 1.89 bits per heavy atom. The van der Waals surface area contributed by atoms with Gasteiger partial charge in [0, 0.05) is 0 Å². The number of nitrogens with one attached hydrogen (secondary N) is 3. The summed E-state index contributed by atoms with van der Waals surface area (Å²) < 4.78 is 15.0. The van der Waals surface area contributed by atoms with Crippen molar-refractivity contribution in [3.05, 3.63) is 83.7 Å². The Morgan fingerprint density at radius 3 is 2.56 bits per heavy atom. The third kappa shape index (κ3) is 5.36. The largest absolute Gasteiger partial charge is 0.465 e. The number of anilines is 3. The minimum atomic E-state index is -1.21. The predicted molar refractivity (Wildman–Crippen MR) is 130 cm³/mol. The van der Waals surface area contributed by atoms with E-state index in [1.54, 1.807) is 50.4 Å². The zero-order chi connectivity index (χ0) is 25.7. The van der Waals surface area contributed by atoms with Gasteiger partial charge in [0.2, 0.25) is 0 Å². The Kier molecular flexibility index (Phi) is 7.01. The number of aromatic nitrogens is 5. The van der Waals surface area contributed by atoms with Crippen LogP contribution in [0.5, 0.6) is 0 Å². The number of hydrogen-bond donors (Lipinski definition) is 4. The Bertz CT molecular complexity index is 1410. The molecule has 0 saturated carbocycles.